The number of hydrogen-bond acceptors (Lipinski definition) is 16. The summed E-state index contributed by atoms with van der Waals surface area (Å²) < 4.78 is 42.6. The minimum Gasteiger partial charge on any atom is -0.391 e. The number of ether oxygens (including phenoxy) is 5. The van der Waals surface area contributed by atoms with Gasteiger partial charge in [-0.15, -0.1) is 11.3 Å². The van der Waals surface area contributed by atoms with Crippen LogP contribution in [0.15, 0.2) is 54.2 Å². The predicted octanol–water partition coefficient (Wildman–Crippen LogP) is 5.50. The molecular formula is C52H69FN10O10S. The van der Waals surface area contributed by atoms with Crippen LogP contribution in [0, 0.1) is 32.0 Å². The average molecular weight is 1050 g/mol. The lowest BCUT2D eigenvalue weighted by molar-refractivity contribution is -0.144. The fraction of sp³-hybridized carbons (Fsp3) is 0.500. The standard InChI is InChI=1S/C52H69FN10O10S/c1-31-23-41(53)42(26-39(31)40-24-37-27-56-50(54-8)62-47(37)58-33(40)3)60-51(68)55-13-14-69-15-16-70-17-18-71-19-20-72-21-22-73-29-44(65)61-46(52(5,6)7)49(67)63-28-38(64)25-43(63)48(66)59-32(2)35-9-11-36(12-10-35)45-34(4)57-30-74-45/h9-12,23-24,26-27,30,32,38,43,46,64H,13-22,25,28-29H2,1-8H3,(H,59,66)(H,61,65)(H2,55,60,68)(H,54,56,58,62)/t32?,38-,43+,46?/m1/s1. The van der Waals surface area contributed by atoms with E-state index in [0.29, 0.717) is 68.1 Å². The van der Waals surface area contributed by atoms with Crippen molar-refractivity contribution in [2.45, 2.75) is 79.1 Å². The number of carbonyl (C=O) groups excluding carboxylic acids is 4. The number of anilines is 2. The Bertz CT molecular complexity index is 2690. The van der Waals surface area contributed by atoms with Gasteiger partial charge in [0.15, 0.2) is 5.65 Å². The van der Waals surface area contributed by atoms with Crippen LogP contribution in [-0.4, -0.2) is 158 Å². The monoisotopic (exact) mass is 1040 g/mol. The number of halogens is 1. The van der Waals surface area contributed by atoms with Crippen molar-refractivity contribution in [2.75, 3.05) is 96.8 Å². The number of amides is 5. The van der Waals surface area contributed by atoms with Gasteiger partial charge in [0.1, 0.15) is 24.5 Å². The number of hydrogen-bond donors (Lipinski definition) is 6. The van der Waals surface area contributed by atoms with Crippen LogP contribution in [0.2, 0.25) is 0 Å². The fourth-order valence-electron chi connectivity index (χ4n) is 8.17. The number of likely N-dealkylation sites (tertiary alicyclic amines) is 1. The first-order valence-electron chi connectivity index (χ1n) is 24.6. The third-order valence-corrected chi connectivity index (χ3v) is 13.1. The zero-order valence-electron chi connectivity index (χ0n) is 43.3. The van der Waals surface area contributed by atoms with Crippen molar-refractivity contribution >= 4 is 57.8 Å². The zero-order valence-corrected chi connectivity index (χ0v) is 44.2. The van der Waals surface area contributed by atoms with Crippen molar-refractivity contribution in [3.63, 3.8) is 0 Å². The number of nitrogens with one attached hydrogen (secondary N) is 5. The lowest BCUT2D eigenvalue weighted by atomic mass is 9.85. The van der Waals surface area contributed by atoms with Gasteiger partial charge in [-0.25, -0.2) is 24.1 Å². The minimum atomic E-state index is -0.988. The van der Waals surface area contributed by atoms with Crippen LogP contribution in [0.1, 0.15) is 62.7 Å². The van der Waals surface area contributed by atoms with Gasteiger partial charge in [-0.3, -0.25) is 14.4 Å². The molecule has 0 spiro atoms. The van der Waals surface area contributed by atoms with E-state index in [1.165, 1.54) is 11.0 Å². The molecule has 5 aromatic rings. The number of aromatic nitrogens is 4. The Hall–Kier alpha value is -6.27. The number of rotatable bonds is 26. The Balaban J connectivity index is 0.786. The summed E-state index contributed by atoms with van der Waals surface area (Å²) in [5.74, 6) is -1.47. The molecule has 74 heavy (non-hydrogen) atoms. The van der Waals surface area contributed by atoms with Gasteiger partial charge in [-0.1, -0.05) is 45.0 Å². The number of urea groups is 1. The lowest BCUT2D eigenvalue weighted by Gasteiger charge is -2.35. The molecule has 1 saturated heterocycles. The summed E-state index contributed by atoms with van der Waals surface area (Å²) in [6.45, 7) is 15.2. The molecule has 0 saturated carbocycles. The van der Waals surface area contributed by atoms with Gasteiger partial charge in [-0.05, 0) is 73.6 Å². The van der Waals surface area contributed by atoms with Gasteiger partial charge >= 0.3 is 6.03 Å². The number of pyridine rings is 1. The van der Waals surface area contributed by atoms with Gasteiger partial charge in [0.25, 0.3) is 0 Å². The summed E-state index contributed by atoms with van der Waals surface area (Å²) >= 11 is 1.57. The number of aliphatic hydroxyl groups is 1. The molecule has 4 atom stereocenters. The molecule has 22 heteroatoms. The zero-order chi connectivity index (χ0) is 53.4. The van der Waals surface area contributed by atoms with Gasteiger partial charge < -0.3 is 60.3 Å². The number of nitrogens with zero attached hydrogens (tertiary/aromatic N) is 5. The number of aliphatic hydroxyl groups excluding tert-OH is 1. The number of benzene rings is 2. The van der Waals surface area contributed by atoms with Crippen molar-refractivity contribution in [1.82, 2.24) is 40.8 Å². The van der Waals surface area contributed by atoms with Crippen molar-refractivity contribution in [1.29, 1.82) is 0 Å². The molecule has 1 aliphatic rings. The molecule has 0 bridgehead atoms. The summed E-state index contributed by atoms with van der Waals surface area (Å²) in [6, 6.07) is 9.90. The second kappa shape index (κ2) is 27.3. The Morgan fingerprint density at radius 2 is 1.49 bits per heavy atom. The molecular weight excluding hydrogens is 976 g/mol. The molecule has 1 fully saturated rings. The Labute approximate surface area is 434 Å². The number of thiazole rings is 1. The first-order chi connectivity index (χ1) is 35.4. The van der Waals surface area contributed by atoms with E-state index in [-0.39, 0.29) is 63.6 Å². The second-order valence-corrected chi connectivity index (χ2v) is 19.7. The maximum absolute atomic E-state index is 14.9. The lowest BCUT2D eigenvalue weighted by Crippen LogP contribution is -2.58. The molecule has 4 heterocycles. The number of β-amino-alcohol motifs (C(OH)–C–C–N with tert-alkyl or cyclic N) is 1. The van der Waals surface area contributed by atoms with Crippen molar-refractivity contribution in [3.8, 4) is 21.6 Å². The molecule has 6 rings (SSSR count). The Kier molecular flexibility index (Phi) is 21.0. The Morgan fingerprint density at radius 1 is 0.838 bits per heavy atom. The highest BCUT2D eigenvalue weighted by Gasteiger charge is 2.44. The summed E-state index contributed by atoms with van der Waals surface area (Å²) in [6.07, 6.45) is 0.853. The predicted molar refractivity (Wildman–Crippen MR) is 279 cm³/mol. The van der Waals surface area contributed by atoms with Crippen molar-refractivity contribution < 1.29 is 52.4 Å². The average Bonchev–Trinajstić information content (AvgIpc) is 3.99. The van der Waals surface area contributed by atoms with Crippen LogP contribution in [0.3, 0.4) is 0 Å². The molecule has 0 radical (unpaired) electrons. The van der Waals surface area contributed by atoms with Crippen LogP contribution in [0.5, 0.6) is 0 Å². The number of aryl methyl sites for hydroxylation is 3. The van der Waals surface area contributed by atoms with E-state index in [0.717, 1.165) is 32.6 Å². The van der Waals surface area contributed by atoms with Crippen LogP contribution in [0.4, 0.5) is 20.8 Å². The van der Waals surface area contributed by atoms with E-state index in [9.17, 15) is 28.7 Å². The van der Waals surface area contributed by atoms with Crippen LogP contribution < -0.4 is 26.6 Å². The smallest absolute Gasteiger partial charge is 0.319 e. The maximum Gasteiger partial charge on any atom is 0.319 e. The summed E-state index contributed by atoms with van der Waals surface area (Å²) in [7, 11) is 1.73. The summed E-state index contributed by atoms with van der Waals surface area (Å²) in [5.41, 5.74) is 7.38. The van der Waals surface area contributed by atoms with E-state index in [2.05, 4.69) is 46.5 Å². The molecule has 2 unspecified atom stereocenters. The van der Waals surface area contributed by atoms with E-state index >= 15 is 0 Å². The third kappa shape index (κ3) is 16.1. The molecule has 5 amide bonds. The van der Waals surface area contributed by atoms with E-state index in [4.69, 9.17) is 23.7 Å². The van der Waals surface area contributed by atoms with Gasteiger partial charge in [0.05, 0.1) is 93.4 Å². The highest BCUT2D eigenvalue weighted by molar-refractivity contribution is 7.13. The SMILES string of the molecule is CNc1ncc2cc(-c3cc(NC(=O)NCCOCCOCCOCCOCCOCC(=O)NC(C(=O)N4C[C@H](O)C[C@H]4C(=O)NC(C)c4ccc(-c5scnc5C)cc4)C(C)(C)C)c(F)cc3C)c(C)nc2n1. The minimum absolute atomic E-state index is 0.0221. The van der Waals surface area contributed by atoms with E-state index < -0.39 is 47.3 Å². The Morgan fingerprint density at radius 3 is 2.11 bits per heavy atom. The van der Waals surface area contributed by atoms with Crippen molar-refractivity contribution in [2.24, 2.45) is 5.41 Å². The highest BCUT2D eigenvalue weighted by atomic mass is 32.1. The largest absolute Gasteiger partial charge is 0.391 e. The van der Waals surface area contributed by atoms with E-state index in [1.807, 2.05) is 77.4 Å². The summed E-state index contributed by atoms with van der Waals surface area (Å²) in [4.78, 5) is 73.2. The molecule has 2 aromatic carbocycles. The van der Waals surface area contributed by atoms with Crippen LogP contribution >= 0.6 is 11.3 Å². The molecule has 6 N–H and O–H groups in total. The van der Waals surface area contributed by atoms with Crippen molar-refractivity contribution in [3.05, 3.63) is 82.5 Å². The van der Waals surface area contributed by atoms with Gasteiger partial charge in [0.2, 0.25) is 23.7 Å². The molecule has 20 nitrogen and oxygen atoms in total. The highest BCUT2D eigenvalue weighted by Crippen LogP contribution is 2.33. The maximum atomic E-state index is 14.9. The fourth-order valence-corrected chi connectivity index (χ4v) is 8.98. The normalized spacial score (nSPS) is 15.5. The van der Waals surface area contributed by atoms with Gasteiger partial charge in [0, 0.05) is 49.4 Å². The van der Waals surface area contributed by atoms with Crippen LogP contribution in [0.25, 0.3) is 32.6 Å². The quantitative estimate of drug-likeness (QED) is 0.0375. The summed E-state index contributed by atoms with van der Waals surface area (Å²) in [5, 5.41) is 25.3. The van der Waals surface area contributed by atoms with Gasteiger partial charge in [-0.2, -0.15) is 4.98 Å². The number of carbonyl (C=O) groups is 4. The number of fused-ring (bicyclic) bond motifs is 1. The molecule has 0 aliphatic carbocycles. The molecule has 3 aromatic heterocycles. The molecule has 400 valence electrons. The van der Waals surface area contributed by atoms with E-state index in [1.54, 1.807) is 37.6 Å². The third-order valence-electron chi connectivity index (χ3n) is 12.1. The first-order valence-corrected chi connectivity index (χ1v) is 25.5. The first kappa shape index (κ1) is 57.0. The second-order valence-electron chi connectivity index (χ2n) is 18.9. The topological polar surface area (TPSA) is 250 Å². The molecule has 1 aliphatic heterocycles. The van der Waals surface area contributed by atoms with Crippen LogP contribution in [-0.2, 0) is 38.1 Å².